The Morgan fingerprint density at radius 1 is 1.54 bits per heavy atom. The number of thiophene rings is 1. The smallest absolute Gasteiger partial charge is 0.00454 e. The van der Waals surface area contributed by atoms with E-state index in [-0.39, 0.29) is 0 Å². The van der Waals surface area contributed by atoms with Crippen LogP contribution in [0.15, 0.2) is 17.5 Å². The molecule has 1 rings (SSSR count). The lowest BCUT2D eigenvalue weighted by atomic mass is 9.83. The fourth-order valence-corrected chi connectivity index (χ4v) is 2.01. The molecule has 0 bridgehead atoms. The second-order valence-corrected chi connectivity index (χ2v) is 4.98. The summed E-state index contributed by atoms with van der Waals surface area (Å²) in [6.07, 6.45) is 3.56. The van der Waals surface area contributed by atoms with Gasteiger partial charge in [-0.1, -0.05) is 19.9 Å². The maximum absolute atomic E-state index is 5.76. The molecule has 0 aliphatic rings. The Labute approximate surface area is 85.0 Å². The first-order valence-electron chi connectivity index (χ1n) is 4.92. The number of rotatable bonds is 5. The lowest BCUT2D eigenvalue weighted by molar-refractivity contribution is 0.297. The summed E-state index contributed by atoms with van der Waals surface area (Å²) in [5.74, 6) is 0. The molecule has 0 saturated carbocycles. The Kier molecular flexibility index (Phi) is 3.94. The normalized spacial score (nSPS) is 15.6. The van der Waals surface area contributed by atoms with Crippen LogP contribution in [-0.2, 0) is 6.42 Å². The maximum Gasteiger partial charge on any atom is 0.00454 e. The molecule has 1 aromatic heterocycles. The lowest BCUT2D eigenvalue weighted by Gasteiger charge is -2.25. The monoisotopic (exact) mass is 197 g/mol. The van der Waals surface area contributed by atoms with Crippen LogP contribution in [0.4, 0.5) is 0 Å². The quantitative estimate of drug-likeness (QED) is 0.771. The third kappa shape index (κ3) is 3.12. The van der Waals surface area contributed by atoms with Crippen LogP contribution in [-0.4, -0.2) is 6.54 Å². The highest BCUT2D eigenvalue weighted by molar-refractivity contribution is 7.09. The van der Waals surface area contributed by atoms with Crippen LogP contribution < -0.4 is 5.73 Å². The van der Waals surface area contributed by atoms with E-state index in [9.17, 15) is 0 Å². The summed E-state index contributed by atoms with van der Waals surface area (Å²) < 4.78 is 0. The average molecular weight is 197 g/mol. The Balaban J connectivity index is 2.41. The molecule has 0 radical (unpaired) electrons. The van der Waals surface area contributed by atoms with Crippen molar-refractivity contribution in [3.8, 4) is 0 Å². The fourth-order valence-electron chi connectivity index (χ4n) is 1.30. The number of hydrogen-bond donors (Lipinski definition) is 1. The van der Waals surface area contributed by atoms with E-state index in [0.717, 1.165) is 6.54 Å². The van der Waals surface area contributed by atoms with Crippen LogP contribution in [0, 0.1) is 5.41 Å². The second-order valence-electron chi connectivity index (χ2n) is 3.95. The molecule has 0 saturated heterocycles. The van der Waals surface area contributed by atoms with Crippen LogP contribution in [0.3, 0.4) is 0 Å². The van der Waals surface area contributed by atoms with E-state index < -0.39 is 0 Å². The second kappa shape index (κ2) is 4.77. The molecule has 1 nitrogen and oxygen atoms in total. The Morgan fingerprint density at radius 3 is 2.77 bits per heavy atom. The lowest BCUT2D eigenvalue weighted by Crippen LogP contribution is -2.26. The van der Waals surface area contributed by atoms with Crippen molar-refractivity contribution in [2.24, 2.45) is 11.1 Å². The van der Waals surface area contributed by atoms with Crippen molar-refractivity contribution in [3.05, 3.63) is 22.4 Å². The van der Waals surface area contributed by atoms with Gasteiger partial charge < -0.3 is 5.73 Å². The van der Waals surface area contributed by atoms with Crippen molar-refractivity contribution in [2.75, 3.05) is 6.54 Å². The van der Waals surface area contributed by atoms with Crippen LogP contribution in [0.2, 0.25) is 0 Å². The van der Waals surface area contributed by atoms with Crippen molar-refractivity contribution >= 4 is 11.3 Å². The largest absolute Gasteiger partial charge is 0.330 e. The van der Waals surface area contributed by atoms with Gasteiger partial charge in [0.15, 0.2) is 0 Å². The third-order valence-electron chi connectivity index (χ3n) is 2.90. The number of nitrogens with two attached hydrogens (primary N) is 1. The summed E-state index contributed by atoms with van der Waals surface area (Å²) >= 11 is 1.84. The standard InChI is InChI=1S/C11H19NS/c1-3-11(2,9-12)7-6-10-5-4-8-13-10/h4-5,8H,3,6-7,9,12H2,1-2H3. The van der Waals surface area contributed by atoms with E-state index in [0.29, 0.717) is 5.41 Å². The van der Waals surface area contributed by atoms with Crippen molar-refractivity contribution < 1.29 is 0 Å². The van der Waals surface area contributed by atoms with Crippen LogP contribution >= 0.6 is 11.3 Å². The minimum Gasteiger partial charge on any atom is -0.330 e. The molecular formula is C11H19NS. The van der Waals surface area contributed by atoms with Gasteiger partial charge in [0.05, 0.1) is 0 Å². The molecule has 0 fully saturated rings. The maximum atomic E-state index is 5.76. The molecule has 1 heterocycles. The Hall–Kier alpha value is -0.340. The molecule has 1 unspecified atom stereocenters. The topological polar surface area (TPSA) is 26.0 Å². The summed E-state index contributed by atoms with van der Waals surface area (Å²) in [5.41, 5.74) is 6.10. The molecule has 13 heavy (non-hydrogen) atoms. The van der Waals surface area contributed by atoms with E-state index in [1.165, 1.54) is 24.1 Å². The highest BCUT2D eigenvalue weighted by Gasteiger charge is 2.19. The fraction of sp³-hybridized carbons (Fsp3) is 0.636. The zero-order valence-electron chi connectivity index (χ0n) is 8.55. The highest BCUT2D eigenvalue weighted by atomic mass is 32.1. The zero-order valence-corrected chi connectivity index (χ0v) is 9.36. The molecule has 0 aromatic carbocycles. The predicted molar refractivity (Wildman–Crippen MR) is 60.1 cm³/mol. The Bertz CT molecular complexity index is 224. The molecule has 1 aromatic rings. The minimum absolute atomic E-state index is 0.337. The van der Waals surface area contributed by atoms with Gasteiger partial charge in [-0.3, -0.25) is 0 Å². The first kappa shape index (κ1) is 10.7. The van der Waals surface area contributed by atoms with Crippen LogP contribution in [0.1, 0.15) is 31.6 Å². The molecule has 0 amide bonds. The minimum atomic E-state index is 0.337. The predicted octanol–water partition coefficient (Wildman–Crippen LogP) is 3.06. The molecule has 2 N–H and O–H groups in total. The van der Waals surface area contributed by atoms with Gasteiger partial charge in [-0.05, 0) is 42.7 Å². The van der Waals surface area contributed by atoms with E-state index in [4.69, 9.17) is 5.73 Å². The van der Waals surface area contributed by atoms with Crippen LogP contribution in [0.25, 0.3) is 0 Å². The summed E-state index contributed by atoms with van der Waals surface area (Å²) in [6, 6.07) is 4.32. The SMILES string of the molecule is CCC(C)(CN)CCc1cccs1. The summed E-state index contributed by atoms with van der Waals surface area (Å²) in [7, 11) is 0. The first-order chi connectivity index (χ1) is 6.20. The van der Waals surface area contributed by atoms with E-state index in [1.807, 2.05) is 11.3 Å². The molecule has 0 aliphatic carbocycles. The van der Waals surface area contributed by atoms with Crippen molar-refractivity contribution in [1.82, 2.24) is 0 Å². The molecule has 1 atom stereocenters. The zero-order chi connectivity index (χ0) is 9.73. The molecule has 0 aliphatic heterocycles. The van der Waals surface area contributed by atoms with Gasteiger partial charge in [0.25, 0.3) is 0 Å². The molecular weight excluding hydrogens is 178 g/mol. The molecule has 74 valence electrons. The Morgan fingerprint density at radius 2 is 2.31 bits per heavy atom. The van der Waals surface area contributed by atoms with Crippen molar-refractivity contribution in [2.45, 2.75) is 33.1 Å². The third-order valence-corrected chi connectivity index (χ3v) is 3.84. The summed E-state index contributed by atoms with van der Waals surface area (Å²) in [6.45, 7) is 5.30. The van der Waals surface area contributed by atoms with Gasteiger partial charge in [0.1, 0.15) is 0 Å². The molecule has 2 heteroatoms. The van der Waals surface area contributed by atoms with Crippen LogP contribution in [0.5, 0.6) is 0 Å². The number of hydrogen-bond acceptors (Lipinski definition) is 2. The van der Waals surface area contributed by atoms with Gasteiger partial charge >= 0.3 is 0 Å². The average Bonchev–Trinajstić information content (AvgIpc) is 2.67. The number of aryl methyl sites for hydroxylation is 1. The van der Waals surface area contributed by atoms with E-state index in [1.54, 1.807) is 0 Å². The highest BCUT2D eigenvalue weighted by Crippen LogP contribution is 2.27. The van der Waals surface area contributed by atoms with Gasteiger partial charge in [0.2, 0.25) is 0 Å². The molecule has 0 spiro atoms. The first-order valence-corrected chi connectivity index (χ1v) is 5.80. The van der Waals surface area contributed by atoms with Gasteiger partial charge in [-0.25, -0.2) is 0 Å². The van der Waals surface area contributed by atoms with E-state index in [2.05, 4.69) is 31.4 Å². The summed E-state index contributed by atoms with van der Waals surface area (Å²) in [5, 5.41) is 2.14. The summed E-state index contributed by atoms with van der Waals surface area (Å²) in [4.78, 5) is 1.48. The van der Waals surface area contributed by atoms with Gasteiger partial charge in [0, 0.05) is 4.88 Å². The van der Waals surface area contributed by atoms with Crippen molar-refractivity contribution in [1.29, 1.82) is 0 Å². The van der Waals surface area contributed by atoms with Gasteiger partial charge in [-0.15, -0.1) is 11.3 Å². The van der Waals surface area contributed by atoms with Crippen molar-refractivity contribution in [3.63, 3.8) is 0 Å². The van der Waals surface area contributed by atoms with Gasteiger partial charge in [-0.2, -0.15) is 0 Å². The van der Waals surface area contributed by atoms with E-state index >= 15 is 0 Å².